The van der Waals surface area contributed by atoms with Crippen molar-refractivity contribution >= 4 is 27.5 Å². The van der Waals surface area contributed by atoms with Gasteiger partial charge in [-0.3, -0.25) is 4.68 Å². The van der Waals surface area contributed by atoms with Crippen molar-refractivity contribution < 1.29 is 22.7 Å². The van der Waals surface area contributed by atoms with E-state index in [2.05, 4.69) is 14.8 Å². The Morgan fingerprint density at radius 3 is 2.67 bits per heavy atom. The third-order valence-corrected chi connectivity index (χ3v) is 4.51. The molecule has 9 heteroatoms. The third kappa shape index (κ3) is 2.54. The van der Waals surface area contributed by atoms with Gasteiger partial charge in [0.25, 0.3) is 0 Å². The molecule has 0 aliphatic carbocycles. The number of alkyl halides is 3. The normalized spacial score (nSPS) is 11.9. The maximum atomic E-state index is 13.6. The molecule has 126 valence electrons. The van der Waals surface area contributed by atoms with E-state index in [1.165, 1.54) is 18.4 Å². The Morgan fingerprint density at radius 2 is 2.04 bits per heavy atom. The summed E-state index contributed by atoms with van der Waals surface area (Å²) < 4.78 is 46.9. The zero-order chi connectivity index (χ0) is 17.6. The number of aromatic nitrogens is 3. The molecule has 0 unspecified atom stereocenters. The van der Waals surface area contributed by atoms with Crippen LogP contribution in [-0.2, 0) is 18.0 Å². The number of hydrogen-bond donors (Lipinski definition) is 0. The number of fused-ring (bicyclic) bond motifs is 1. The van der Waals surface area contributed by atoms with Crippen LogP contribution in [0.5, 0.6) is 0 Å². The van der Waals surface area contributed by atoms with E-state index in [1.54, 1.807) is 25.1 Å². The molecule has 0 aliphatic rings. The van der Waals surface area contributed by atoms with Crippen LogP contribution in [0.25, 0.3) is 21.5 Å². The summed E-state index contributed by atoms with van der Waals surface area (Å²) in [6.45, 7) is 1.78. The third-order valence-electron chi connectivity index (χ3n) is 3.49. The lowest BCUT2D eigenvalue weighted by atomic mass is 10.0. The van der Waals surface area contributed by atoms with Crippen molar-refractivity contribution in [3.05, 3.63) is 34.5 Å². The molecule has 0 amide bonds. The van der Waals surface area contributed by atoms with Gasteiger partial charge in [-0.2, -0.15) is 18.3 Å². The van der Waals surface area contributed by atoms with Gasteiger partial charge in [-0.1, -0.05) is 12.1 Å². The molecule has 0 bridgehead atoms. The summed E-state index contributed by atoms with van der Waals surface area (Å²) in [5.41, 5.74) is -1.15. The average molecular weight is 355 g/mol. The number of nitrogens with zero attached hydrogens (tertiary/aromatic N) is 3. The van der Waals surface area contributed by atoms with Crippen LogP contribution >= 0.6 is 11.3 Å². The van der Waals surface area contributed by atoms with Crippen LogP contribution in [0, 0.1) is 6.92 Å². The molecule has 3 rings (SSSR count). The summed E-state index contributed by atoms with van der Waals surface area (Å²) in [7, 11) is 2.31. The molecule has 0 atom stereocenters. The molecule has 0 spiro atoms. The van der Waals surface area contributed by atoms with Gasteiger partial charge in [0.15, 0.2) is 5.69 Å². The van der Waals surface area contributed by atoms with Gasteiger partial charge in [-0.15, -0.1) is 11.3 Å². The summed E-state index contributed by atoms with van der Waals surface area (Å²) in [6.07, 6.45) is -4.75. The number of hydrogen-bond acceptors (Lipinski definition) is 5. The van der Waals surface area contributed by atoms with Gasteiger partial charge in [0.1, 0.15) is 11.3 Å². The maximum Gasteiger partial charge on any atom is 0.420 e. The number of esters is 1. The fraction of sp³-hybridized carbons (Fsp3) is 0.267. The molecule has 0 radical (unpaired) electrons. The minimum atomic E-state index is -4.75. The van der Waals surface area contributed by atoms with Gasteiger partial charge >= 0.3 is 12.1 Å². The van der Waals surface area contributed by atoms with E-state index >= 15 is 0 Å². The lowest BCUT2D eigenvalue weighted by Crippen LogP contribution is -2.16. The van der Waals surface area contributed by atoms with Gasteiger partial charge in [0.2, 0.25) is 0 Å². The summed E-state index contributed by atoms with van der Waals surface area (Å²) >= 11 is 1.28. The van der Waals surface area contributed by atoms with Crippen LogP contribution < -0.4 is 0 Å². The number of halogens is 3. The first-order valence-corrected chi connectivity index (χ1v) is 7.64. The molecule has 0 saturated heterocycles. The van der Waals surface area contributed by atoms with Crippen LogP contribution in [0.2, 0.25) is 0 Å². The summed E-state index contributed by atoms with van der Waals surface area (Å²) in [5, 5.41) is 4.68. The molecule has 2 heterocycles. The first-order valence-electron chi connectivity index (χ1n) is 6.83. The molecule has 3 aromatic rings. The average Bonchev–Trinajstić information content (AvgIpc) is 3.04. The SMILES string of the molecule is COC(=O)c1c(C(F)(F)F)c(-c2cccc3nc(C)sc23)nn1C. The highest BCUT2D eigenvalue weighted by Crippen LogP contribution is 2.42. The van der Waals surface area contributed by atoms with Gasteiger partial charge in [-0.25, -0.2) is 9.78 Å². The minimum Gasteiger partial charge on any atom is -0.464 e. The zero-order valence-corrected chi connectivity index (χ0v) is 13.7. The molecule has 0 aliphatic heterocycles. The standard InChI is InChI=1S/C15H12F3N3O2S/c1-7-19-9-6-4-5-8(13(9)24-7)11-10(15(16,17)18)12(14(22)23-3)21(2)20-11/h4-6H,1-3H3. The Labute approximate surface area is 138 Å². The predicted molar refractivity (Wildman–Crippen MR) is 82.9 cm³/mol. The van der Waals surface area contributed by atoms with E-state index < -0.39 is 23.4 Å². The Hall–Kier alpha value is -2.42. The van der Waals surface area contributed by atoms with Crippen molar-refractivity contribution in [1.29, 1.82) is 0 Å². The molecule has 0 saturated carbocycles. The van der Waals surface area contributed by atoms with Crippen LogP contribution in [0.4, 0.5) is 13.2 Å². The van der Waals surface area contributed by atoms with Crippen LogP contribution in [0.1, 0.15) is 21.1 Å². The maximum absolute atomic E-state index is 13.6. The predicted octanol–water partition coefficient (Wildman–Crippen LogP) is 3.81. The Morgan fingerprint density at radius 1 is 1.33 bits per heavy atom. The van der Waals surface area contributed by atoms with Gasteiger partial charge < -0.3 is 4.74 Å². The smallest absolute Gasteiger partial charge is 0.420 e. The quantitative estimate of drug-likeness (QED) is 0.656. The highest BCUT2D eigenvalue weighted by molar-refractivity contribution is 7.19. The van der Waals surface area contributed by atoms with Crippen LogP contribution in [0.3, 0.4) is 0 Å². The fourth-order valence-electron chi connectivity index (χ4n) is 2.56. The fourth-order valence-corrected chi connectivity index (χ4v) is 3.49. The number of rotatable bonds is 2. The second-order valence-corrected chi connectivity index (χ2v) is 6.28. The van der Waals surface area contributed by atoms with Crippen molar-refractivity contribution in [3.63, 3.8) is 0 Å². The number of carbonyl (C=O) groups is 1. The van der Waals surface area contributed by atoms with Crippen LogP contribution in [-0.4, -0.2) is 27.8 Å². The van der Waals surface area contributed by atoms with Crippen molar-refractivity contribution in [2.75, 3.05) is 7.11 Å². The first kappa shape index (κ1) is 16.4. The number of benzene rings is 1. The summed E-state index contributed by atoms with van der Waals surface area (Å²) in [4.78, 5) is 16.1. The monoisotopic (exact) mass is 355 g/mol. The second-order valence-electron chi connectivity index (χ2n) is 5.07. The molecule has 0 N–H and O–H groups in total. The van der Waals surface area contributed by atoms with Crippen molar-refractivity contribution in [3.8, 4) is 11.3 Å². The highest BCUT2D eigenvalue weighted by Gasteiger charge is 2.42. The number of carbonyl (C=O) groups excluding carboxylic acids is 1. The zero-order valence-electron chi connectivity index (χ0n) is 12.9. The van der Waals surface area contributed by atoms with E-state index in [4.69, 9.17) is 0 Å². The summed E-state index contributed by atoms with van der Waals surface area (Å²) in [5.74, 6) is -1.09. The summed E-state index contributed by atoms with van der Waals surface area (Å²) in [6, 6.07) is 4.88. The lowest BCUT2D eigenvalue weighted by molar-refractivity contribution is -0.137. The Kier molecular flexibility index (Phi) is 3.83. The minimum absolute atomic E-state index is 0.288. The molecule has 0 fully saturated rings. The molecular weight excluding hydrogens is 343 g/mol. The number of ether oxygens (including phenoxy) is 1. The van der Waals surface area contributed by atoms with E-state index in [0.717, 1.165) is 16.8 Å². The van der Waals surface area contributed by atoms with Crippen LogP contribution in [0.15, 0.2) is 18.2 Å². The number of aryl methyl sites for hydroxylation is 2. The first-order chi connectivity index (χ1) is 11.2. The Bertz CT molecular complexity index is 943. The molecule has 1 aromatic carbocycles. The number of methoxy groups -OCH3 is 1. The Balaban J connectivity index is 2.37. The molecular formula is C15H12F3N3O2S. The van der Waals surface area contributed by atoms with Gasteiger partial charge in [0, 0.05) is 12.6 Å². The van der Waals surface area contributed by atoms with Crippen molar-refractivity contribution in [1.82, 2.24) is 14.8 Å². The van der Waals surface area contributed by atoms with E-state index in [1.807, 2.05) is 0 Å². The molecule has 5 nitrogen and oxygen atoms in total. The second kappa shape index (κ2) is 5.59. The highest BCUT2D eigenvalue weighted by atomic mass is 32.1. The topological polar surface area (TPSA) is 57.0 Å². The largest absolute Gasteiger partial charge is 0.464 e. The van der Waals surface area contributed by atoms with E-state index in [9.17, 15) is 18.0 Å². The lowest BCUT2D eigenvalue weighted by Gasteiger charge is -2.09. The number of thiazole rings is 1. The van der Waals surface area contributed by atoms with Crippen molar-refractivity contribution in [2.45, 2.75) is 13.1 Å². The molecule has 2 aromatic heterocycles. The van der Waals surface area contributed by atoms with Crippen molar-refractivity contribution in [2.24, 2.45) is 7.05 Å². The van der Waals surface area contributed by atoms with Gasteiger partial charge in [0.05, 0.1) is 22.3 Å². The van der Waals surface area contributed by atoms with E-state index in [-0.39, 0.29) is 11.3 Å². The molecule has 24 heavy (non-hydrogen) atoms. The van der Waals surface area contributed by atoms with E-state index in [0.29, 0.717) is 10.2 Å². The van der Waals surface area contributed by atoms with Gasteiger partial charge in [-0.05, 0) is 13.0 Å².